The summed E-state index contributed by atoms with van der Waals surface area (Å²) >= 11 is 0. The molecule has 0 N–H and O–H groups in total. The fourth-order valence-corrected chi connectivity index (χ4v) is 9.80. The monoisotopic (exact) mass is 771 g/mol. The Morgan fingerprint density at radius 3 is 1.73 bits per heavy atom. The highest BCUT2D eigenvalue weighted by Crippen LogP contribution is 2.48. The lowest BCUT2D eigenvalue weighted by molar-refractivity contribution is 0.445. The molecule has 1 saturated carbocycles. The van der Waals surface area contributed by atoms with E-state index in [1.807, 2.05) is 6.07 Å². The van der Waals surface area contributed by atoms with Crippen LogP contribution in [0.25, 0.3) is 77.2 Å². The molecule has 0 atom stereocenters. The van der Waals surface area contributed by atoms with Crippen molar-refractivity contribution in [2.24, 2.45) is 0 Å². The fraction of sp³-hybridized carbons (Fsp3) is 0.103. The highest BCUT2D eigenvalue weighted by molar-refractivity contribution is 6.10. The Labute approximate surface area is 352 Å². The first-order chi connectivity index (χ1) is 29.8. The molecule has 1 aliphatic rings. The van der Waals surface area contributed by atoms with E-state index in [-0.39, 0.29) is 0 Å². The normalized spacial score (nSPS) is 13.3. The first-order valence-electron chi connectivity index (χ1n) is 21.5. The molecule has 1 fully saturated rings. The summed E-state index contributed by atoms with van der Waals surface area (Å²) in [5.41, 5.74) is 16.2. The van der Waals surface area contributed by atoms with Crippen LogP contribution in [0.15, 0.2) is 211 Å². The van der Waals surface area contributed by atoms with Crippen LogP contribution in [0.3, 0.4) is 0 Å². The minimum atomic E-state index is 0.579. The first kappa shape index (κ1) is 36.0. The van der Waals surface area contributed by atoms with E-state index in [1.165, 1.54) is 81.8 Å². The minimum Gasteiger partial charge on any atom is -0.455 e. The van der Waals surface area contributed by atoms with Gasteiger partial charge in [-0.15, -0.1) is 0 Å². The second-order valence-electron chi connectivity index (χ2n) is 16.2. The summed E-state index contributed by atoms with van der Waals surface area (Å²) in [5, 5.41) is 4.97. The Kier molecular flexibility index (Phi) is 9.32. The van der Waals surface area contributed by atoms with E-state index in [1.54, 1.807) is 0 Å². The average Bonchev–Trinajstić information content (AvgIpc) is 3.72. The number of furan rings is 1. The lowest BCUT2D eigenvalue weighted by Crippen LogP contribution is -2.12. The van der Waals surface area contributed by atoms with Crippen molar-refractivity contribution in [2.45, 2.75) is 38.0 Å². The van der Waals surface area contributed by atoms with Gasteiger partial charge >= 0.3 is 0 Å². The van der Waals surface area contributed by atoms with Crippen molar-refractivity contribution < 1.29 is 4.42 Å². The van der Waals surface area contributed by atoms with Crippen LogP contribution in [0, 0.1) is 0 Å². The molecule has 0 aliphatic heterocycles. The van der Waals surface area contributed by atoms with Crippen molar-refractivity contribution in [3.8, 4) is 44.5 Å². The number of benzene rings is 9. The molecule has 11 rings (SSSR count). The number of fused-ring (bicyclic) bond motifs is 4. The summed E-state index contributed by atoms with van der Waals surface area (Å²) in [6.45, 7) is 0. The molecule has 0 saturated heterocycles. The van der Waals surface area contributed by atoms with Crippen LogP contribution in [0.1, 0.15) is 43.6 Å². The molecule has 0 spiro atoms. The molecule has 1 aromatic heterocycles. The van der Waals surface area contributed by atoms with Gasteiger partial charge in [-0.3, -0.25) is 0 Å². The van der Waals surface area contributed by atoms with Crippen molar-refractivity contribution in [1.29, 1.82) is 0 Å². The number of hydrogen-bond acceptors (Lipinski definition) is 2. The van der Waals surface area contributed by atoms with Gasteiger partial charge in [0.15, 0.2) is 0 Å². The Morgan fingerprint density at radius 1 is 0.383 bits per heavy atom. The summed E-state index contributed by atoms with van der Waals surface area (Å²) in [4.78, 5) is 2.48. The van der Waals surface area contributed by atoms with Crippen molar-refractivity contribution in [3.63, 3.8) is 0 Å². The molecule has 10 aromatic rings. The van der Waals surface area contributed by atoms with E-state index < -0.39 is 0 Å². The van der Waals surface area contributed by atoms with Gasteiger partial charge in [0.2, 0.25) is 0 Å². The van der Waals surface area contributed by atoms with Gasteiger partial charge in [0.25, 0.3) is 0 Å². The largest absolute Gasteiger partial charge is 0.455 e. The van der Waals surface area contributed by atoms with Crippen molar-refractivity contribution in [2.75, 3.05) is 4.90 Å². The van der Waals surface area contributed by atoms with Gasteiger partial charge in [-0.1, -0.05) is 195 Å². The Bertz CT molecular complexity index is 3110. The molecular weight excluding hydrogens is 727 g/mol. The molecule has 1 aliphatic carbocycles. The van der Waals surface area contributed by atoms with Crippen LogP contribution in [-0.4, -0.2) is 0 Å². The smallest absolute Gasteiger partial charge is 0.143 e. The van der Waals surface area contributed by atoms with Gasteiger partial charge in [-0.2, -0.15) is 0 Å². The van der Waals surface area contributed by atoms with Gasteiger partial charge in [-0.25, -0.2) is 0 Å². The van der Waals surface area contributed by atoms with Crippen molar-refractivity contribution in [3.05, 3.63) is 212 Å². The number of anilines is 3. The third-order valence-electron chi connectivity index (χ3n) is 12.7. The predicted octanol–water partition coefficient (Wildman–Crippen LogP) is 16.9. The fourth-order valence-electron chi connectivity index (χ4n) is 9.80. The van der Waals surface area contributed by atoms with Gasteiger partial charge in [0.1, 0.15) is 11.2 Å². The predicted molar refractivity (Wildman–Crippen MR) is 253 cm³/mol. The Hall–Kier alpha value is -7.16. The molecule has 0 radical (unpaired) electrons. The van der Waals surface area contributed by atoms with Crippen LogP contribution < -0.4 is 4.90 Å². The van der Waals surface area contributed by atoms with Crippen molar-refractivity contribution >= 4 is 49.8 Å². The first-order valence-corrected chi connectivity index (χ1v) is 21.5. The van der Waals surface area contributed by atoms with Crippen LogP contribution in [0.2, 0.25) is 0 Å². The second-order valence-corrected chi connectivity index (χ2v) is 16.2. The zero-order valence-corrected chi connectivity index (χ0v) is 33.6. The third-order valence-corrected chi connectivity index (χ3v) is 12.7. The van der Waals surface area contributed by atoms with Gasteiger partial charge in [0, 0.05) is 33.2 Å². The summed E-state index contributed by atoms with van der Waals surface area (Å²) in [6.07, 6.45) is 6.46. The molecule has 0 unspecified atom stereocenters. The van der Waals surface area contributed by atoms with E-state index in [4.69, 9.17) is 4.42 Å². The quantitative estimate of drug-likeness (QED) is 0.153. The average molecular weight is 772 g/mol. The van der Waals surface area contributed by atoms with E-state index >= 15 is 0 Å². The lowest BCUT2D eigenvalue weighted by atomic mass is 9.80. The number of rotatable bonds is 8. The maximum atomic E-state index is 6.50. The van der Waals surface area contributed by atoms with E-state index in [0.717, 1.165) is 50.1 Å². The maximum absolute atomic E-state index is 6.50. The Morgan fingerprint density at radius 2 is 0.933 bits per heavy atom. The van der Waals surface area contributed by atoms with Crippen LogP contribution in [0.5, 0.6) is 0 Å². The molecule has 0 bridgehead atoms. The van der Waals surface area contributed by atoms with Crippen LogP contribution in [-0.2, 0) is 0 Å². The van der Waals surface area contributed by atoms with Gasteiger partial charge < -0.3 is 9.32 Å². The summed E-state index contributed by atoms with van der Waals surface area (Å²) < 4.78 is 6.50. The van der Waals surface area contributed by atoms with Crippen LogP contribution >= 0.6 is 0 Å². The molecule has 60 heavy (non-hydrogen) atoms. The molecule has 0 amide bonds. The molecule has 1 heterocycles. The Balaban J connectivity index is 1.09. The number of para-hydroxylation sites is 4. The standard InChI is InChI=1S/C58H45NO/c1-3-16-40(17-4-1)41-32-34-43(35-33-41)47-22-7-10-29-54(47)59(46-38-36-44(37-39-46)49-26-15-28-53-51-24-9-12-31-56(51)60-58(49)53)55-30-11-8-23-50(55)52-27-14-21-45-20-13-25-48(57(45)52)42-18-5-2-6-19-42/h1,3-4,7-17,20-39,42H,2,5-6,18-19H2. The summed E-state index contributed by atoms with van der Waals surface area (Å²) in [7, 11) is 0. The van der Waals surface area contributed by atoms with Crippen LogP contribution in [0.4, 0.5) is 17.1 Å². The maximum Gasteiger partial charge on any atom is 0.143 e. The van der Waals surface area contributed by atoms with E-state index in [9.17, 15) is 0 Å². The van der Waals surface area contributed by atoms with Crippen molar-refractivity contribution in [1.82, 2.24) is 0 Å². The number of hydrogen-bond donors (Lipinski definition) is 0. The molecule has 288 valence electrons. The molecule has 9 aromatic carbocycles. The third kappa shape index (κ3) is 6.46. The van der Waals surface area contributed by atoms with E-state index in [0.29, 0.717) is 5.92 Å². The SMILES string of the molecule is c1ccc(-c2ccc(-c3ccccc3N(c3ccc(-c4cccc5c4oc4ccccc45)cc3)c3ccccc3-c3cccc4cccc(C5CCCCC5)c34)cc2)cc1. The van der Waals surface area contributed by atoms with Gasteiger partial charge in [0.05, 0.1) is 11.4 Å². The number of nitrogens with zero attached hydrogens (tertiary/aromatic N) is 1. The van der Waals surface area contributed by atoms with Gasteiger partial charge in [-0.05, 0) is 93.2 Å². The summed E-state index contributed by atoms with van der Waals surface area (Å²) in [6, 6.07) is 75.2. The van der Waals surface area contributed by atoms with E-state index in [2.05, 4.69) is 205 Å². The topological polar surface area (TPSA) is 16.4 Å². The zero-order chi connectivity index (χ0) is 39.8. The highest BCUT2D eigenvalue weighted by atomic mass is 16.3. The minimum absolute atomic E-state index is 0.579. The molecular formula is C58H45NO. The lowest BCUT2D eigenvalue weighted by Gasteiger charge is -2.31. The molecule has 2 nitrogen and oxygen atoms in total. The highest BCUT2D eigenvalue weighted by Gasteiger charge is 2.24. The second kappa shape index (κ2) is 15.5. The molecule has 2 heteroatoms. The zero-order valence-electron chi connectivity index (χ0n) is 33.6. The summed E-state index contributed by atoms with van der Waals surface area (Å²) in [5.74, 6) is 0.579.